The van der Waals surface area contributed by atoms with Crippen molar-refractivity contribution in [2.24, 2.45) is 0 Å². The van der Waals surface area contributed by atoms with Crippen LogP contribution in [0.5, 0.6) is 5.75 Å². The van der Waals surface area contributed by atoms with Crippen LogP contribution in [0.15, 0.2) is 40.9 Å². The number of nitro benzene ring substituents is 1. The van der Waals surface area contributed by atoms with Gasteiger partial charge in [0.1, 0.15) is 5.75 Å². The number of rotatable bonds is 5. The molecule has 5 nitrogen and oxygen atoms in total. The molecule has 0 bridgehead atoms. The molecule has 0 saturated carbocycles. The number of anilines is 1. The van der Waals surface area contributed by atoms with Gasteiger partial charge in [-0.15, -0.1) is 0 Å². The van der Waals surface area contributed by atoms with Gasteiger partial charge in [0.05, 0.1) is 17.7 Å². The van der Waals surface area contributed by atoms with E-state index in [1.54, 1.807) is 26.2 Å². The van der Waals surface area contributed by atoms with Crippen molar-refractivity contribution in [3.8, 4) is 5.75 Å². The highest BCUT2D eigenvalue weighted by Crippen LogP contribution is 2.31. The molecule has 1 N–H and O–H groups in total. The number of nitrogens with zero attached hydrogens (tertiary/aromatic N) is 1. The van der Waals surface area contributed by atoms with Crippen LogP contribution in [-0.4, -0.2) is 12.0 Å². The van der Waals surface area contributed by atoms with Gasteiger partial charge >= 0.3 is 0 Å². The van der Waals surface area contributed by atoms with Crippen LogP contribution < -0.4 is 10.1 Å². The van der Waals surface area contributed by atoms with Gasteiger partial charge in [0.2, 0.25) is 0 Å². The summed E-state index contributed by atoms with van der Waals surface area (Å²) < 4.78 is 5.97. The summed E-state index contributed by atoms with van der Waals surface area (Å²) in [5, 5.41) is 14.2. The molecule has 0 aliphatic rings. The van der Waals surface area contributed by atoms with Gasteiger partial charge in [-0.1, -0.05) is 12.1 Å². The SMILES string of the molecule is COc1cccc(CNc2cc([N+](=O)[O-])c(C)cc2Br)c1. The molecule has 2 rings (SSSR count). The monoisotopic (exact) mass is 350 g/mol. The van der Waals surface area contributed by atoms with Crippen LogP contribution in [0.1, 0.15) is 11.1 Å². The number of ether oxygens (including phenoxy) is 1. The first kappa shape index (κ1) is 15.3. The second-order valence-corrected chi connectivity index (χ2v) is 5.44. The Balaban J connectivity index is 2.19. The predicted molar refractivity (Wildman–Crippen MR) is 85.9 cm³/mol. The Bertz CT molecular complexity index is 674. The van der Waals surface area contributed by atoms with E-state index in [2.05, 4.69) is 21.2 Å². The van der Waals surface area contributed by atoms with E-state index < -0.39 is 0 Å². The number of hydrogen-bond donors (Lipinski definition) is 1. The quantitative estimate of drug-likeness (QED) is 0.645. The van der Waals surface area contributed by atoms with Crippen LogP contribution in [0.4, 0.5) is 11.4 Å². The summed E-state index contributed by atoms with van der Waals surface area (Å²) in [4.78, 5) is 10.6. The van der Waals surface area contributed by atoms with Crippen LogP contribution >= 0.6 is 15.9 Å². The van der Waals surface area contributed by atoms with Gasteiger partial charge in [-0.2, -0.15) is 0 Å². The number of nitro groups is 1. The van der Waals surface area contributed by atoms with Crippen LogP contribution in [0.3, 0.4) is 0 Å². The summed E-state index contributed by atoms with van der Waals surface area (Å²) >= 11 is 3.42. The second-order valence-electron chi connectivity index (χ2n) is 4.58. The normalized spacial score (nSPS) is 10.2. The molecule has 6 heteroatoms. The lowest BCUT2D eigenvalue weighted by Gasteiger charge is -2.10. The number of halogens is 1. The Kier molecular flexibility index (Phi) is 4.80. The zero-order valence-corrected chi connectivity index (χ0v) is 13.3. The first-order valence-electron chi connectivity index (χ1n) is 6.32. The standard InChI is InChI=1S/C15H15BrN2O3/c1-10-6-13(16)14(8-15(10)18(19)20)17-9-11-4-3-5-12(7-11)21-2/h3-8,17H,9H2,1-2H3. The summed E-state index contributed by atoms with van der Waals surface area (Å²) in [6, 6.07) is 10.9. The topological polar surface area (TPSA) is 64.4 Å². The maximum Gasteiger partial charge on any atom is 0.274 e. The van der Waals surface area contributed by atoms with Crippen molar-refractivity contribution in [3.05, 3.63) is 62.1 Å². The Hall–Kier alpha value is -2.08. The van der Waals surface area contributed by atoms with E-state index in [9.17, 15) is 10.1 Å². The molecule has 0 atom stereocenters. The Morgan fingerprint density at radius 2 is 2.10 bits per heavy atom. The summed E-state index contributed by atoms with van der Waals surface area (Å²) in [6.07, 6.45) is 0. The number of benzene rings is 2. The van der Waals surface area contributed by atoms with Crippen molar-refractivity contribution in [2.75, 3.05) is 12.4 Å². The maximum atomic E-state index is 11.0. The lowest BCUT2D eigenvalue weighted by atomic mass is 10.1. The fourth-order valence-electron chi connectivity index (χ4n) is 1.97. The van der Waals surface area contributed by atoms with Gasteiger partial charge in [-0.05, 0) is 46.6 Å². The van der Waals surface area contributed by atoms with Gasteiger partial charge in [0, 0.05) is 22.6 Å². The molecular formula is C15H15BrN2O3. The van der Waals surface area contributed by atoms with Crippen LogP contribution in [0.2, 0.25) is 0 Å². The third-order valence-electron chi connectivity index (χ3n) is 3.10. The van der Waals surface area contributed by atoms with Crippen molar-refractivity contribution in [3.63, 3.8) is 0 Å². The van der Waals surface area contributed by atoms with Crippen molar-refractivity contribution < 1.29 is 9.66 Å². The number of methoxy groups -OCH3 is 1. The molecule has 0 saturated heterocycles. The zero-order chi connectivity index (χ0) is 15.4. The first-order valence-corrected chi connectivity index (χ1v) is 7.12. The lowest BCUT2D eigenvalue weighted by molar-refractivity contribution is -0.385. The van der Waals surface area contributed by atoms with E-state index in [0.717, 1.165) is 15.8 Å². The predicted octanol–water partition coefficient (Wildman–Crippen LogP) is 4.29. The van der Waals surface area contributed by atoms with Crippen molar-refractivity contribution in [2.45, 2.75) is 13.5 Å². The van der Waals surface area contributed by atoms with Gasteiger partial charge in [-0.3, -0.25) is 10.1 Å². The molecular weight excluding hydrogens is 336 g/mol. The van der Waals surface area contributed by atoms with E-state index in [4.69, 9.17) is 4.74 Å². The molecule has 2 aromatic carbocycles. The van der Waals surface area contributed by atoms with Crippen LogP contribution in [-0.2, 0) is 6.54 Å². The Labute approximate surface area is 131 Å². The van der Waals surface area contributed by atoms with E-state index in [1.807, 2.05) is 24.3 Å². The second kappa shape index (κ2) is 6.58. The van der Waals surface area contributed by atoms with Gasteiger partial charge < -0.3 is 10.1 Å². The van der Waals surface area contributed by atoms with Gasteiger partial charge in [0.15, 0.2) is 0 Å². The van der Waals surface area contributed by atoms with E-state index in [1.165, 1.54) is 0 Å². The molecule has 0 aromatic heterocycles. The highest BCUT2D eigenvalue weighted by molar-refractivity contribution is 9.10. The van der Waals surface area contributed by atoms with Crippen molar-refractivity contribution in [1.82, 2.24) is 0 Å². The van der Waals surface area contributed by atoms with E-state index in [-0.39, 0.29) is 10.6 Å². The smallest absolute Gasteiger partial charge is 0.274 e. The fourth-order valence-corrected chi connectivity index (χ4v) is 2.57. The fraction of sp³-hybridized carbons (Fsp3) is 0.200. The average Bonchev–Trinajstić information content (AvgIpc) is 2.46. The zero-order valence-electron chi connectivity index (χ0n) is 11.7. The molecule has 0 radical (unpaired) electrons. The summed E-state index contributed by atoms with van der Waals surface area (Å²) in [5.41, 5.74) is 2.45. The van der Waals surface area contributed by atoms with Crippen molar-refractivity contribution >= 4 is 27.3 Å². The third-order valence-corrected chi connectivity index (χ3v) is 3.76. The molecule has 0 amide bonds. The highest BCUT2D eigenvalue weighted by Gasteiger charge is 2.14. The number of hydrogen-bond acceptors (Lipinski definition) is 4. The molecule has 21 heavy (non-hydrogen) atoms. The number of nitrogens with one attached hydrogen (secondary N) is 1. The summed E-state index contributed by atoms with van der Waals surface area (Å²) in [7, 11) is 1.62. The molecule has 0 heterocycles. The Morgan fingerprint density at radius 3 is 2.76 bits per heavy atom. The molecule has 2 aromatic rings. The molecule has 0 fully saturated rings. The minimum Gasteiger partial charge on any atom is -0.497 e. The summed E-state index contributed by atoms with van der Waals surface area (Å²) in [5.74, 6) is 0.781. The highest BCUT2D eigenvalue weighted by atomic mass is 79.9. The largest absolute Gasteiger partial charge is 0.497 e. The van der Waals surface area contributed by atoms with Crippen LogP contribution in [0, 0.1) is 17.0 Å². The van der Waals surface area contributed by atoms with Gasteiger partial charge in [0.25, 0.3) is 5.69 Å². The molecule has 0 unspecified atom stereocenters. The lowest BCUT2D eigenvalue weighted by Crippen LogP contribution is -2.02. The van der Waals surface area contributed by atoms with E-state index in [0.29, 0.717) is 17.8 Å². The molecule has 0 aliphatic heterocycles. The molecule has 110 valence electrons. The summed E-state index contributed by atoms with van der Waals surface area (Å²) in [6.45, 7) is 2.27. The minimum atomic E-state index is -0.376. The maximum absolute atomic E-state index is 11.0. The minimum absolute atomic E-state index is 0.103. The average molecular weight is 351 g/mol. The first-order chi connectivity index (χ1) is 10.0. The van der Waals surface area contributed by atoms with Crippen LogP contribution in [0.25, 0.3) is 0 Å². The molecule has 0 aliphatic carbocycles. The number of aryl methyl sites for hydroxylation is 1. The Morgan fingerprint density at radius 1 is 1.33 bits per heavy atom. The molecule has 0 spiro atoms. The van der Waals surface area contributed by atoms with E-state index >= 15 is 0 Å². The van der Waals surface area contributed by atoms with Gasteiger partial charge in [-0.25, -0.2) is 0 Å². The third kappa shape index (κ3) is 3.72. The van der Waals surface area contributed by atoms with Crippen molar-refractivity contribution in [1.29, 1.82) is 0 Å².